The molecule has 41 nitrogen and oxygen atoms in total. The summed E-state index contributed by atoms with van der Waals surface area (Å²) in [6.07, 6.45) is -6.24. The third kappa shape index (κ3) is 36.5. The SMILES string of the molecule is CSCC[C@H](NC(=O)[C@H](Cc1c[nH]c2ccccc12)NC(=O)CNC(=O)[C@H](Cc1ccc(O)cc1)NC(=O)[C@H](CC(C)C)NC(=O)[C@H](CCC(=O)O)NC(=O)[C@H](CCC(=O)O)NC(=O)[C@H](CCC(=O)O)NC(=O)[C@H](CCC(=O)O)NC(=O)[C@H](CCC(N)=O)NC(=O)[C@@H](N)CC(C)C)C(=O)N[C@@H](CC(=O)O)C(=O)N[C@@H](Cc1ccccc1)C(N)=O. The van der Waals surface area contributed by atoms with Gasteiger partial charge in [-0.2, -0.15) is 11.8 Å². The number of nitrogens with two attached hydrogens (primary N) is 3. The minimum atomic E-state index is -2.03. The summed E-state index contributed by atoms with van der Waals surface area (Å²) in [6.45, 7) is 5.82. The number of fused-ring (bicyclic) bond motifs is 1. The number of aromatic hydroxyl groups is 1. The van der Waals surface area contributed by atoms with E-state index in [0.717, 1.165) is 0 Å². The fourth-order valence-corrected chi connectivity index (χ4v) is 12.5. The van der Waals surface area contributed by atoms with Crippen molar-refractivity contribution in [2.24, 2.45) is 29.0 Å². The Labute approximate surface area is 687 Å². The maximum atomic E-state index is 14.7. The normalized spacial score (nSPS) is 14.1. The molecule has 0 aliphatic carbocycles. The van der Waals surface area contributed by atoms with Gasteiger partial charge in [0.2, 0.25) is 82.7 Å². The van der Waals surface area contributed by atoms with Crippen LogP contribution in [0.5, 0.6) is 5.75 Å². The van der Waals surface area contributed by atoms with Gasteiger partial charge in [0.15, 0.2) is 0 Å². The molecular formula is C77H106N16O25S. The summed E-state index contributed by atoms with van der Waals surface area (Å²) in [6, 6.07) is 0.304. The van der Waals surface area contributed by atoms with Crippen LogP contribution >= 0.6 is 11.8 Å². The third-order valence-corrected chi connectivity index (χ3v) is 18.9. The molecule has 0 fully saturated rings. The minimum Gasteiger partial charge on any atom is -0.508 e. The van der Waals surface area contributed by atoms with Crippen LogP contribution in [0, 0.1) is 11.8 Å². The van der Waals surface area contributed by atoms with Gasteiger partial charge in [0, 0.05) is 68.5 Å². The Morgan fingerprint density at radius 3 is 1.20 bits per heavy atom. The molecule has 0 aliphatic rings. The number of amides is 14. The summed E-state index contributed by atoms with van der Waals surface area (Å²) in [4.78, 5) is 258. The summed E-state index contributed by atoms with van der Waals surface area (Å²) in [5.41, 5.74) is 18.9. The van der Waals surface area contributed by atoms with Crippen LogP contribution in [-0.2, 0) is 110 Å². The minimum absolute atomic E-state index is 0.0919. The van der Waals surface area contributed by atoms with Crippen LogP contribution in [0.1, 0.15) is 134 Å². The molecule has 0 radical (unpaired) electrons. The Balaban J connectivity index is 1.64. The molecule has 1 heterocycles. The molecule has 3 aromatic carbocycles. The molecule has 12 atom stereocenters. The summed E-state index contributed by atoms with van der Waals surface area (Å²) in [5, 5.41) is 88.1. The first kappa shape index (κ1) is 98.6. The van der Waals surface area contributed by atoms with Gasteiger partial charge in [-0.25, -0.2) is 0 Å². The average Bonchev–Trinajstić information content (AvgIpc) is 1.71. The highest BCUT2D eigenvalue weighted by Gasteiger charge is 2.38. The lowest BCUT2D eigenvalue weighted by atomic mass is 10.00. The van der Waals surface area contributed by atoms with Crippen molar-refractivity contribution in [3.8, 4) is 5.75 Å². The highest BCUT2D eigenvalue weighted by atomic mass is 32.2. The summed E-state index contributed by atoms with van der Waals surface area (Å²) in [5.74, 6) is -23.8. The number of primary amides is 2. The van der Waals surface area contributed by atoms with E-state index in [1.807, 2.05) is 0 Å². The molecule has 0 unspecified atom stereocenters. The quantitative estimate of drug-likeness (QED) is 0.0212. The molecule has 14 amide bonds. The number of phenols is 1. The largest absolute Gasteiger partial charge is 0.508 e. The Kier molecular flexibility index (Phi) is 41.4. The average molecular weight is 1690 g/mol. The van der Waals surface area contributed by atoms with E-state index in [9.17, 15) is 122 Å². The molecule has 0 saturated heterocycles. The number of thioether (sulfide) groups is 1. The number of hydrogen-bond donors (Lipinski definition) is 22. The van der Waals surface area contributed by atoms with Crippen LogP contribution in [0.25, 0.3) is 10.9 Å². The lowest BCUT2D eigenvalue weighted by Crippen LogP contribution is -2.60. The maximum absolute atomic E-state index is 14.7. The number of benzene rings is 3. The molecule has 0 bridgehead atoms. The zero-order chi connectivity index (χ0) is 88.8. The number of para-hydroxylation sites is 1. The van der Waals surface area contributed by atoms with E-state index in [1.165, 1.54) is 36.0 Å². The number of carbonyl (C=O) groups excluding carboxylic acids is 14. The fourth-order valence-electron chi connectivity index (χ4n) is 12.1. The van der Waals surface area contributed by atoms with E-state index < -0.39 is 268 Å². The number of hydrogen-bond acceptors (Lipinski definition) is 22. The molecule has 4 rings (SSSR count). The maximum Gasteiger partial charge on any atom is 0.305 e. The molecule has 42 heteroatoms. The predicted molar refractivity (Wildman–Crippen MR) is 425 cm³/mol. The van der Waals surface area contributed by atoms with E-state index in [1.54, 1.807) is 94.7 Å². The van der Waals surface area contributed by atoms with Crippen molar-refractivity contribution in [2.75, 3.05) is 18.6 Å². The monoisotopic (exact) mass is 1690 g/mol. The topological polar surface area (TPSA) is 684 Å². The summed E-state index contributed by atoms with van der Waals surface area (Å²) >= 11 is 1.26. The number of aromatic amines is 1. The first-order chi connectivity index (χ1) is 56.1. The number of H-pyrrole nitrogens is 1. The van der Waals surface area contributed by atoms with Gasteiger partial charge in [-0.1, -0.05) is 88.4 Å². The highest BCUT2D eigenvalue weighted by molar-refractivity contribution is 7.98. The number of nitrogens with one attached hydrogen (secondary N) is 13. The second-order valence-electron chi connectivity index (χ2n) is 29.0. The van der Waals surface area contributed by atoms with Crippen molar-refractivity contribution in [1.82, 2.24) is 68.8 Å². The van der Waals surface area contributed by atoms with Crippen molar-refractivity contribution in [3.05, 3.63) is 102 Å². The molecule has 0 spiro atoms. The first-order valence-electron chi connectivity index (χ1n) is 38.0. The number of carboxylic acid groups (broad SMARTS) is 5. The Morgan fingerprint density at radius 2 is 0.756 bits per heavy atom. The Morgan fingerprint density at radius 1 is 0.387 bits per heavy atom. The number of rotatable bonds is 55. The fraction of sp³-hybridized carbons (Fsp3) is 0.494. The summed E-state index contributed by atoms with van der Waals surface area (Å²) in [7, 11) is 0. The van der Waals surface area contributed by atoms with Crippen molar-refractivity contribution in [2.45, 2.75) is 209 Å². The van der Waals surface area contributed by atoms with E-state index in [2.05, 4.69) is 68.8 Å². The number of aromatic nitrogens is 1. The smallest absolute Gasteiger partial charge is 0.305 e. The molecule has 119 heavy (non-hydrogen) atoms. The van der Waals surface area contributed by atoms with Gasteiger partial charge >= 0.3 is 29.8 Å². The molecule has 0 saturated carbocycles. The molecular weight excluding hydrogens is 1580 g/mol. The zero-order valence-electron chi connectivity index (χ0n) is 66.2. The van der Waals surface area contributed by atoms with Crippen LogP contribution in [-0.4, -0.2) is 239 Å². The molecule has 1 aromatic heterocycles. The van der Waals surface area contributed by atoms with Crippen molar-refractivity contribution in [3.63, 3.8) is 0 Å². The van der Waals surface area contributed by atoms with E-state index >= 15 is 0 Å². The first-order valence-corrected chi connectivity index (χ1v) is 39.4. The summed E-state index contributed by atoms with van der Waals surface area (Å²) < 4.78 is 0. The third-order valence-electron chi connectivity index (χ3n) is 18.2. The zero-order valence-corrected chi connectivity index (χ0v) is 67.0. The molecule has 650 valence electrons. The van der Waals surface area contributed by atoms with Gasteiger partial charge in [0.05, 0.1) is 19.0 Å². The van der Waals surface area contributed by atoms with Crippen LogP contribution < -0.4 is 81.0 Å². The van der Waals surface area contributed by atoms with Gasteiger partial charge in [-0.15, -0.1) is 0 Å². The number of carboxylic acids is 5. The van der Waals surface area contributed by atoms with Gasteiger partial charge in [0.25, 0.3) is 0 Å². The van der Waals surface area contributed by atoms with E-state index in [-0.39, 0.29) is 55.9 Å². The highest BCUT2D eigenvalue weighted by Crippen LogP contribution is 2.21. The predicted octanol–water partition coefficient (Wildman–Crippen LogP) is -2.79. The van der Waals surface area contributed by atoms with Crippen molar-refractivity contribution in [1.29, 1.82) is 0 Å². The Bertz CT molecular complexity index is 4240. The van der Waals surface area contributed by atoms with E-state index in [0.29, 0.717) is 27.6 Å². The second kappa shape index (κ2) is 50.0. The molecule has 25 N–H and O–H groups in total. The van der Waals surface area contributed by atoms with Gasteiger partial charge in [-0.05, 0) is 110 Å². The number of carbonyl (C=O) groups is 19. The van der Waals surface area contributed by atoms with Crippen LogP contribution in [0.15, 0.2) is 85.1 Å². The van der Waals surface area contributed by atoms with Crippen LogP contribution in [0.3, 0.4) is 0 Å². The van der Waals surface area contributed by atoms with Crippen molar-refractivity contribution < 1.29 is 122 Å². The van der Waals surface area contributed by atoms with Crippen LogP contribution in [0.4, 0.5) is 0 Å². The standard InChI is InChI=1S/C77H106N16O25S/c1-39(2)31-46(78)67(108)84-48(19-24-59(79)95)69(110)85-49(20-25-61(97)98)70(111)86-50(21-26-62(99)100)71(112)87-51(22-27-63(101)102)72(113)88-52(23-28-64(103)104)73(114)91-55(32-40(3)4)75(116)92-56(34-42-15-17-44(94)18-16-42)68(109)82-38-60(96)83-57(35-43-37-81-47-14-10-9-13-45(43)47)76(117)89-53(29-30-119-5)74(115)93-58(36-65(105)106)77(118)90-54(66(80)107)33-41-11-7-6-8-12-41/h6-18,37,39-40,46,48-58,81,94H,19-36,38,78H2,1-5H3,(H2,79,95)(H2,80,107)(H,82,109)(H,83,96)(H,84,108)(H,85,110)(H,86,111)(H,87,112)(H,88,113)(H,89,117)(H,90,118)(H,91,114)(H,92,116)(H,93,115)(H,97,98)(H,99,100)(H,101,102)(H,103,104)(H,105,106)/t46-,48-,49-,50-,51-,52-,53-,54-,55-,56-,57-,58-/m0/s1. The Hall–Kier alpha value is -12.8. The van der Waals surface area contributed by atoms with Crippen molar-refractivity contribution >= 4 is 135 Å². The van der Waals surface area contributed by atoms with Crippen LogP contribution in [0.2, 0.25) is 0 Å². The molecule has 0 aliphatic heterocycles. The van der Waals surface area contributed by atoms with E-state index in [4.69, 9.17) is 17.2 Å². The number of aliphatic carboxylic acids is 5. The lowest BCUT2D eigenvalue weighted by molar-refractivity contribution is -0.141. The molecule has 4 aromatic rings. The van der Waals surface area contributed by atoms with Gasteiger partial charge < -0.3 is 117 Å². The second-order valence-corrected chi connectivity index (χ2v) is 29.9. The van der Waals surface area contributed by atoms with Gasteiger partial charge in [0.1, 0.15) is 72.2 Å². The lowest BCUT2D eigenvalue weighted by Gasteiger charge is -2.28. The van der Waals surface area contributed by atoms with Gasteiger partial charge in [-0.3, -0.25) is 91.1 Å². The number of phenolic OH excluding ortho intramolecular Hbond substituents is 1.